The Balaban J connectivity index is 1.37. The molecule has 2 aliphatic rings. The lowest BCUT2D eigenvalue weighted by Gasteiger charge is -2.36. The van der Waals surface area contributed by atoms with E-state index in [1.54, 1.807) is 0 Å². The van der Waals surface area contributed by atoms with Gasteiger partial charge in [-0.05, 0) is 62.1 Å². The standard InChI is InChI=1S/C29H37N3O2/c1-4-9-26-28(30-19-21-14-16-23(17-15-21)22-10-6-5-7-11-22)32-27(31-26)20-34-25-13-8-12-24(18-25)29(2,3)33/h5-7,9-11,14-17,24-25,33H,4,8,12-13,18-20H2,1-3H3,(H,30,31,32)/b26-9+/t24-,25+/m0/s1. The number of nitrogens with one attached hydrogen (secondary N) is 1. The van der Waals surface area contributed by atoms with Crippen LogP contribution in [0.2, 0.25) is 0 Å². The van der Waals surface area contributed by atoms with E-state index in [0.29, 0.717) is 13.2 Å². The van der Waals surface area contributed by atoms with Crippen LogP contribution < -0.4 is 5.32 Å². The predicted octanol–water partition coefficient (Wildman–Crippen LogP) is 5.89. The van der Waals surface area contributed by atoms with Crippen molar-refractivity contribution in [3.05, 3.63) is 71.9 Å². The van der Waals surface area contributed by atoms with Gasteiger partial charge in [0.1, 0.15) is 12.4 Å². The van der Waals surface area contributed by atoms with Gasteiger partial charge in [0.2, 0.25) is 0 Å². The van der Waals surface area contributed by atoms with Gasteiger partial charge in [0.15, 0.2) is 5.84 Å². The molecule has 2 aromatic rings. The van der Waals surface area contributed by atoms with Gasteiger partial charge in [-0.3, -0.25) is 4.99 Å². The van der Waals surface area contributed by atoms with Crippen LogP contribution in [-0.2, 0) is 11.3 Å². The molecule has 0 spiro atoms. The zero-order valence-corrected chi connectivity index (χ0v) is 20.6. The quantitative estimate of drug-likeness (QED) is 0.517. The van der Waals surface area contributed by atoms with Crippen LogP contribution in [0.25, 0.3) is 11.1 Å². The summed E-state index contributed by atoms with van der Waals surface area (Å²) < 4.78 is 6.20. The first-order valence-corrected chi connectivity index (χ1v) is 12.5. The fourth-order valence-corrected chi connectivity index (χ4v) is 4.70. The fourth-order valence-electron chi connectivity index (χ4n) is 4.70. The Labute approximate surface area is 203 Å². The molecule has 1 aliphatic heterocycles. The predicted molar refractivity (Wildman–Crippen MR) is 140 cm³/mol. The van der Waals surface area contributed by atoms with Crippen LogP contribution in [0, 0.1) is 5.92 Å². The van der Waals surface area contributed by atoms with Crippen LogP contribution in [0.4, 0.5) is 0 Å². The monoisotopic (exact) mass is 459 g/mol. The second kappa shape index (κ2) is 11.1. The maximum Gasteiger partial charge on any atom is 0.173 e. The molecule has 2 N–H and O–H groups in total. The van der Waals surface area contributed by atoms with Gasteiger partial charge in [0, 0.05) is 0 Å². The van der Waals surface area contributed by atoms with Crippen molar-refractivity contribution < 1.29 is 9.84 Å². The lowest BCUT2D eigenvalue weighted by atomic mass is 9.78. The van der Waals surface area contributed by atoms with E-state index in [1.165, 1.54) is 11.1 Å². The molecule has 1 aliphatic carbocycles. The highest BCUT2D eigenvalue weighted by Crippen LogP contribution is 2.33. The highest BCUT2D eigenvalue weighted by molar-refractivity contribution is 6.14. The van der Waals surface area contributed by atoms with Crippen molar-refractivity contribution in [1.29, 1.82) is 0 Å². The molecule has 1 fully saturated rings. The summed E-state index contributed by atoms with van der Waals surface area (Å²) in [6.45, 7) is 6.95. The Bertz CT molecular complexity index is 1030. The number of ether oxygens (including phenoxy) is 1. The van der Waals surface area contributed by atoms with Crippen molar-refractivity contribution in [3.8, 4) is 11.1 Å². The number of allylic oxidation sites excluding steroid dienone is 1. The van der Waals surface area contributed by atoms with Crippen LogP contribution in [0.1, 0.15) is 58.4 Å². The van der Waals surface area contributed by atoms with E-state index in [0.717, 1.165) is 55.0 Å². The smallest absolute Gasteiger partial charge is 0.173 e. The van der Waals surface area contributed by atoms with E-state index in [-0.39, 0.29) is 12.0 Å². The molecule has 0 amide bonds. The molecule has 4 rings (SSSR count). The third kappa shape index (κ3) is 6.43. The lowest BCUT2D eigenvalue weighted by Crippen LogP contribution is -2.38. The number of hydrogen-bond acceptors (Lipinski definition) is 4. The van der Waals surface area contributed by atoms with Gasteiger partial charge in [-0.1, -0.05) is 74.0 Å². The van der Waals surface area contributed by atoms with Gasteiger partial charge in [0.25, 0.3) is 0 Å². The first kappa shape index (κ1) is 24.4. The van der Waals surface area contributed by atoms with Crippen molar-refractivity contribution >= 4 is 11.7 Å². The molecule has 2 atom stereocenters. The van der Waals surface area contributed by atoms with Crippen LogP contribution in [0.15, 0.2) is 76.4 Å². The minimum atomic E-state index is -0.651. The van der Waals surface area contributed by atoms with Crippen LogP contribution in [0.5, 0.6) is 0 Å². The van der Waals surface area contributed by atoms with Crippen molar-refractivity contribution in [2.24, 2.45) is 15.9 Å². The first-order valence-electron chi connectivity index (χ1n) is 12.5. The zero-order valence-electron chi connectivity index (χ0n) is 20.6. The van der Waals surface area contributed by atoms with E-state index in [4.69, 9.17) is 14.7 Å². The minimum absolute atomic E-state index is 0.164. The average Bonchev–Trinajstić information content (AvgIpc) is 3.24. The van der Waals surface area contributed by atoms with Crippen molar-refractivity contribution in [2.45, 2.75) is 71.1 Å². The Kier molecular flexibility index (Phi) is 7.96. The van der Waals surface area contributed by atoms with E-state index >= 15 is 0 Å². The van der Waals surface area contributed by atoms with Gasteiger partial charge in [-0.15, -0.1) is 0 Å². The Morgan fingerprint density at radius 3 is 2.53 bits per heavy atom. The number of hydrogen-bond donors (Lipinski definition) is 2. The van der Waals surface area contributed by atoms with Crippen LogP contribution >= 0.6 is 0 Å². The normalized spacial score (nSPS) is 23.2. The SMILES string of the molecule is CC/C=C1/NC(CO[C@@H]2CCC[C@H](C(C)(C)O)C2)=NC1=NCc1ccc(-c2ccccc2)cc1. The summed E-state index contributed by atoms with van der Waals surface area (Å²) >= 11 is 0. The highest BCUT2D eigenvalue weighted by Gasteiger charge is 2.33. The van der Waals surface area contributed by atoms with Gasteiger partial charge in [-0.2, -0.15) is 0 Å². The third-order valence-corrected chi connectivity index (χ3v) is 6.72. The summed E-state index contributed by atoms with van der Waals surface area (Å²) in [6, 6.07) is 19.0. The van der Waals surface area contributed by atoms with E-state index in [2.05, 4.69) is 66.8 Å². The second-order valence-electron chi connectivity index (χ2n) is 9.86. The summed E-state index contributed by atoms with van der Waals surface area (Å²) in [7, 11) is 0. The number of aliphatic hydroxyl groups is 1. The van der Waals surface area contributed by atoms with Gasteiger partial charge in [-0.25, -0.2) is 4.99 Å². The molecule has 0 aromatic heterocycles. The highest BCUT2D eigenvalue weighted by atomic mass is 16.5. The number of amidine groups is 2. The Hall–Kier alpha value is -2.76. The molecule has 34 heavy (non-hydrogen) atoms. The van der Waals surface area contributed by atoms with E-state index < -0.39 is 5.60 Å². The largest absolute Gasteiger partial charge is 0.390 e. The summed E-state index contributed by atoms with van der Waals surface area (Å²) in [5.41, 5.74) is 3.89. The van der Waals surface area contributed by atoms with Crippen molar-refractivity contribution in [2.75, 3.05) is 6.61 Å². The average molecular weight is 460 g/mol. The van der Waals surface area contributed by atoms with Crippen molar-refractivity contribution in [3.63, 3.8) is 0 Å². The molecule has 180 valence electrons. The minimum Gasteiger partial charge on any atom is -0.390 e. The molecule has 2 aromatic carbocycles. The third-order valence-electron chi connectivity index (χ3n) is 6.72. The topological polar surface area (TPSA) is 66.2 Å². The summed E-state index contributed by atoms with van der Waals surface area (Å²) in [6.07, 6.45) is 7.29. The zero-order chi connectivity index (χ0) is 24.0. The van der Waals surface area contributed by atoms with Crippen LogP contribution in [-0.4, -0.2) is 35.1 Å². The van der Waals surface area contributed by atoms with Gasteiger partial charge < -0.3 is 15.2 Å². The molecule has 0 radical (unpaired) electrons. The second-order valence-corrected chi connectivity index (χ2v) is 9.86. The lowest BCUT2D eigenvalue weighted by molar-refractivity contribution is -0.0440. The maximum atomic E-state index is 10.4. The maximum absolute atomic E-state index is 10.4. The number of rotatable bonds is 8. The van der Waals surface area contributed by atoms with E-state index in [9.17, 15) is 5.11 Å². The Morgan fingerprint density at radius 2 is 1.82 bits per heavy atom. The fraction of sp³-hybridized carbons (Fsp3) is 0.448. The van der Waals surface area contributed by atoms with Gasteiger partial charge in [0.05, 0.1) is 23.9 Å². The van der Waals surface area contributed by atoms with Gasteiger partial charge >= 0.3 is 0 Å². The van der Waals surface area contributed by atoms with E-state index in [1.807, 2.05) is 19.9 Å². The molecular weight excluding hydrogens is 422 g/mol. The molecule has 0 bridgehead atoms. The number of nitrogens with zero attached hydrogens (tertiary/aromatic N) is 2. The molecule has 5 nitrogen and oxygen atoms in total. The first-order chi connectivity index (χ1) is 16.4. The Morgan fingerprint density at radius 1 is 1.09 bits per heavy atom. The van der Waals surface area contributed by atoms with Crippen molar-refractivity contribution in [1.82, 2.24) is 5.32 Å². The molecular formula is C29H37N3O2. The molecule has 5 heteroatoms. The number of aliphatic imine (C=N–C) groups is 2. The number of benzene rings is 2. The molecule has 0 unspecified atom stereocenters. The summed E-state index contributed by atoms with van der Waals surface area (Å²) in [4.78, 5) is 9.53. The molecule has 1 heterocycles. The molecule has 0 saturated heterocycles. The van der Waals surface area contributed by atoms with Crippen LogP contribution in [0.3, 0.4) is 0 Å². The summed E-state index contributed by atoms with van der Waals surface area (Å²) in [5, 5.41) is 13.8. The molecule has 1 saturated carbocycles. The summed E-state index contributed by atoms with van der Waals surface area (Å²) in [5.74, 6) is 1.83.